The number of H-pyrrole nitrogens is 1. The van der Waals surface area contributed by atoms with Crippen molar-refractivity contribution in [1.82, 2.24) is 30.4 Å². The van der Waals surface area contributed by atoms with E-state index >= 15 is 0 Å². The average Bonchev–Trinajstić information content (AvgIpc) is 3.20. The van der Waals surface area contributed by atoms with Crippen LogP contribution in [0.25, 0.3) is 0 Å². The lowest BCUT2D eigenvalue weighted by atomic mass is 9.99. The molecule has 1 aliphatic rings. The summed E-state index contributed by atoms with van der Waals surface area (Å²) < 4.78 is 5.42. The number of ether oxygens (including phenoxy) is 1. The number of pyridine rings is 1. The first-order chi connectivity index (χ1) is 14.3. The van der Waals surface area contributed by atoms with Gasteiger partial charge in [0.2, 0.25) is 5.88 Å². The molecule has 0 bridgehead atoms. The number of nitrogens with one attached hydrogen (secondary N) is 3. The second-order valence-corrected chi connectivity index (χ2v) is 9.53. The highest BCUT2D eigenvalue weighted by molar-refractivity contribution is 7.99. The molecule has 11 heteroatoms. The standard InChI is InChI=1S/C19H27N7O2S2/c1-19(2,3)24-16(29)23-14-4-5-15(20-10-14)28-18(27)26-8-6-13(7-9-26)11-30-17-21-12-22-25-17/h4-5,10,12-13H,6-9,11H2,1-3H3,(H,21,22,25)(H2,23,24,29). The summed E-state index contributed by atoms with van der Waals surface area (Å²) in [6.07, 6.45) is 4.60. The average molecular weight is 450 g/mol. The fraction of sp³-hybridized carbons (Fsp3) is 0.526. The van der Waals surface area contributed by atoms with E-state index in [1.807, 2.05) is 20.8 Å². The zero-order chi connectivity index (χ0) is 21.6. The summed E-state index contributed by atoms with van der Waals surface area (Å²) in [4.78, 5) is 22.5. The van der Waals surface area contributed by atoms with Crippen LogP contribution in [0.2, 0.25) is 0 Å². The Labute approximate surface area is 185 Å². The van der Waals surface area contributed by atoms with Crippen molar-refractivity contribution >= 4 is 40.9 Å². The molecule has 1 amide bonds. The van der Waals surface area contributed by atoms with Crippen LogP contribution in [0.15, 0.2) is 29.8 Å². The first-order valence-corrected chi connectivity index (χ1v) is 11.2. The van der Waals surface area contributed by atoms with Gasteiger partial charge in [-0.15, -0.1) is 0 Å². The van der Waals surface area contributed by atoms with Gasteiger partial charge >= 0.3 is 6.09 Å². The summed E-state index contributed by atoms with van der Waals surface area (Å²) in [5, 5.41) is 14.3. The highest BCUT2D eigenvalue weighted by Crippen LogP contribution is 2.25. The molecule has 0 unspecified atom stereocenters. The molecular weight excluding hydrogens is 422 g/mol. The molecule has 9 nitrogen and oxygen atoms in total. The number of piperidine rings is 1. The lowest BCUT2D eigenvalue weighted by Crippen LogP contribution is -2.42. The number of likely N-dealkylation sites (tertiary alicyclic amines) is 1. The van der Waals surface area contributed by atoms with Gasteiger partial charge < -0.3 is 20.3 Å². The Kier molecular flexibility index (Phi) is 7.48. The van der Waals surface area contributed by atoms with Crippen molar-refractivity contribution in [2.45, 2.75) is 44.3 Å². The third-order valence-electron chi connectivity index (χ3n) is 4.40. The third kappa shape index (κ3) is 7.13. The van der Waals surface area contributed by atoms with Gasteiger partial charge in [0.1, 0.15) is 6.33 Å². The van der Waals surface area contributed by atoms with E-state index < -0.39 is 0 Å². The van der Waals surface area contributed by atoms with Crippen LogP contribution in [0.5, 0.6) is 5.88 Å². The summed E-state index contributed by atoms with van der Waals surface area (Å²) in [5.41, 5.74) is 0.594. The highest BCUT2D eigenvalue weighted by atomic mass is 32.2. The van der Waals surface area contributed by atoms with Gasteiger partial charge in [-0.1, -0.05) is 11.8 Å². The lowest BCUT2D eigenvalue weighted by molar-refractivity contribution is 0.132. The molecule has 30 heavy (non-hydrogen) atoms. The van der Waals surface area contributed by atoms with Crippen LogP contribution >= 0.6 is 24.0 Å². The zero-order valence-electron chi connectivity index (χ0n) is 17.3. The van der Waals surface area contributed by atoms with E-state index in [0.717, 1.165) is 29.4 Å². The van der Waals surface area contributed by atoms with Crippen LogP contribution in [0.4, 0.5) is 10.5 Å². The van der Waals surface area contributed by atoms with Gasteiger partial charge in [0.05, 0.1) is 11.9 Å². The first kappa shape index (κ1) is 22.3. The number of hydrogen-bond acceptors (Lipinski definition) is 7. The largest absolute Gasteiger partial charge is 0.416 e. The Bertz CT molecular complexity index is 830. The lowest BCUT2D eigenvalue weighted by Gasteiger charge is -2.30. The van der Waals surface area contributed by atoms with E-state index in [0.29, 0.717) is 24.1 Å². The van der Waals surface area contributed by atoms with Crippen molar-refractivity contribution in [2.75, 3.05) is 24.2 Å². The molecule has 2 aromatic heterocycles. The summed E-state index contributed by atoms with van der Waals surface area (Å²) in [7, 11) is 0. The van der Waals surface area contributed by atoms with Crippen LogP contribution in [0.3, 0.4) is 0 Å². The Morgan fingerprint density at radius 2 is 2.10 bits per heavy atom. The normalized spacial score (nSPS) is 15.0. The third-order valence-corrected chi connectivity index (χ3v) is 5.71. The van der Waals surface area contributed by atoms with E-state index in [2.05, 4.69) is 30.8 Å². The van der Waals surface area contributed by atoms with Gasteiger partial charge in [0.25, 0.3) is 0 Å². The van der Waals surface area contributed by atoms with Crippen molar-refractivity contribution in [2.24, 2.45) is 5.92 Å². The van der Waals surface area contributed by atoms with E-state index in [1.54, 1.807) is 35.0 Å². The van der Waals surface area contributed by atoms with Crippen molar-refractivity contribution in [3.63, 3.8) is 0 Å². The molecule has 0 saturated carbocycles. The Morgan fingerprint density at radius 1 is 1.33 bits per heavy atom. The summed E-state index contributed by atoms with van der Waals surface area (Å²) in [6, 6.07) is 3.43. The molecule has 1 saturated heterocycles. The topological polar surface area (TPSA) is 108 Å². The maximum absolute atomic E-state index is 12.4. The minimum absolute atomic E-state index is 0.130. The minimum atomic E-state index is -0.366. The second kappa shape index (κ2) is 10.1. The quantitative estimate of drug-likeness (QED) is 0.468. The van der Waals surface area contributed by atoms with Crippen molar-refractivity contribution in [3.05, 3.63) is 24.7 Å². The number of carbonyl (C=O) groups excluding carboxylic acids is 1. The van der Waals surface area contributed by atoms with Crippen molar-refractivity contribution in [3.8, 4) is 5.88 Å². The van der Waals surface area contributed by atoms with Crippen molar-refractivity contribution < 1.29 is 9.53 Å². The molecule has 3 N–H and O–H groups in total. The smallest absolute Gasteiger partial charge is 0.391 e. The molecule has 162 valence electrons. The molecule has 0 atom stereocenters. The Hall–Kier alpha value is -2.40. The van der Waals surface area contributed by atoms with E-state index in [9.17, 15) is 4.79 Å². The molecule has 3 rings (SSSR count). The van der Waals surface area contributed by atoms with Gasteiger partial charge in [0, 0.05) is 30.4 Å². The fourth-order valence-electron chi connectivity index (χ4n) is 2.91. The zero-order valence-corrected chi connectivity index (χ0v) is 19.0. The van der Waals surface area contributed by atoms with Gasteiger partial charge in [-0.2, -0.15) is 5.10 Å². The molecule has 1 aliphatic heterocycles. The second-order valence-electron chi connectivity index (χ2n) is 8.11. The maximum atomic E-state index is 12.4. The number of rotatable bonds is 5. The number of anilines is 1. The van der Waals surface area contributed by atoms with Crippen LogP contribution in [-0.4, -0.2) is 60.7 Å². The number of thiocarbonyl (C=S) groups is 1. The van der Waals surface area contributed by atoms with Crippen LogP contribution in [0.1, 0.15) is 33.6 Å². The number of amides is 1. The van der Waals surface area contributed by atoms with Gasteiger partial charge in [-0.25, -0.2) is 14.8 Å². The number of aromatic amines is 1. The minimum Gasteiger partial charge on any atom is -0.391 e. The number of aromatic nitrogens is 4. The molecule has 2 aromatic rings. The maximum Gasteiger partial charge on any atom is 0.416 e. The van der Waals surface area contributed by atoms with Crippen LogP contribution < -0.4 is 15.4 Å². The monoisotopic (exact) mass is 449 g/mol. The van der Waals surface area contributed by atoms with Gasteiger partial charge in [-0.3, -0.25) is 5.10 Å². The number of thioether (sulfide) groups is 1. The van der Waals surface area contributed by atoms with Crippen molar-refractivity contribution in [1.29, 1.82) is 0 Å². The van der Waals surface area contributed by atoms with E-state index in [-0.39, 0.29) is 17.5 Å². The Balaban J connectivity index is 1.41. The highest BCUT2D eigenvalue weighted by Gasteiger charge is 2.24. The molecular formula is C19H27N7O2S2. The SMILES string of the molecule is CC(C)(C)NC(=S)Nc1ccc(OC(=O)N2CCC(CSc3ncn[nH]3)CC2)nc1. The number of hydrogen-bond donors (Lipinski definition) is 3. The van der Waals surface area contributed by atoms with Crippen LogP contribution in [0, 0.1) is 5.92 Å². The Morgan fingerprint density at radius 3 is 2.70 bits per heavy atom. The molecule has 0 aliphatic carbocycles. The molecule has 1 fully saturated rings. The van der Waals surface area contributed by atoms with Crippen LogP contribution in [-0.2, 0) is 0 Å². The molecule has 0 radical (unpaired) electrons. The summed E-state index contributed by atoms with van der Waals surface area (Å²) >= 11 is 6.93. The van der Waals surface area contributed by atoms with E-state index in [1.165, 1.54) is 6.33 Å². The van der Waals surface area contributed by atoms with Gasteiger partial charge in [0.15, 0.2) is 10.3 Å². The molecule has 3 heterocycles. The summed E-state index contributed by atoms with van der Waals surface area (Å²) in [5.74, 6) is 1.77. The molecule has 0 spiro atoms. The van der Waals surface area contributed by atoms with E-state index in [4.69, 9.17) is 17.0 Å². The first-order valence-electron chi connectivity index (χ1n) is 9.78. The predicted octanol–water partition coefficient (Wildman–Crippen LogP) is 3.29. The number of carbonyl (C=O) groups is 1. The fourth-order valence-corrected chi connectivity index (χ4v) is 4.30. The number of nitrogens with zero attached hydrogens (tertiary/aromatic N) is 4. The molecule has 0 aromatic carbocycles. The van der Waals surface area contributed by atoms with Gasteiger partial charge in [-0.05, 0) is 57.8 Å². The summed E-state index contributed by atoms with van der Waals surface area (Å²) in [6.45, 7) is 7.43. The predicted molar refractivity (Wildman–Crippen MR) is 121 cm³/mol.